The van der Waals surface area contributed by atoms with Crippen LogP contribution in [-0.2, 0) is 13.0 Å². The van der Waals surface area contributed by atoms with Crippen LogP contribution in [0.4, 0.5) is 5.95 Å². The molecule has 4 heterocycles. The fraction of sp³-hybridized carbons (Fsp3) is 0.565. The number of methoxy groups -OCH3 is 1. The standard InChI is InChI=1S/C23H31N7O2S/c1-12-9-25-17(13(2)20(12)32-3)10-30-21-19-16(29-30)8-14(11-33-22(19)28-23(24)27-21)26-15-6-4-5-7-18(15)31/h9,14-15,18,26,31H,4-8,10-11H2,1-3H3,(H2,24,27,28)/t14?,15-,18-/m1/s1. The molecule has 1 saturated carbocycles. The third-order valence-electron chi connectivity index (χ3n) is 6.74. The molecular weight excluding hydrogens is 438 g/mol. The predicted octanol–water partition coefficient (Wildman–Crippen LogP) is 2.39. The van der Waals surface area contributed by atoms with Crippen LogP contribution in [0.1, 0.15) is 48.2 Å². The highest BCUT2D eigenvalue weighted by atomic mass is 32.2. The lowest BCUT2D eigenvalue weighted by molar-refractivity contribution is 0.0862. The Labute approximate surface area is 197 Å². The maximum absolute atomic E-state index is 10.4. The van der Waals surface area contributed by atoms with E-state index in [1.807, 2.05) is 24.7 Å². The van der Waals surface area contributed by atoms with E-state index in [1.165, 1.54) is 0 Å². The largest absolute Gasteiger partial charge is 0.496 e. The fourth-order valence-corrected chi connectivity index (χ4v) is 6.13. The molecule has 0 radical (unpaired) electrons. The van der Waals surface area contributed by atoms with Gasteiger partial charge in [-0.25, -0.2) is 9.67 Å². The molecular formula is C23H31N7O2S. The first-order valence-corrected chi connectivity index (χ1v) is 12.5. The molecule has 0 saturated heterocycles. The first-order chi connectivity index (χ1) is 15.9. The number of hydrogen-bond acceptors (Lipinski definition) is 9. The summed E-state index contributed by atoms with van der Waals surface area (Å²) in [6.45, 7) is 4.48. The minimum absolute atomic E-state index is 0.131. The predicted molar refractivity (Wildman–Crippen MR) is 129 cm³/mol. The molecule has 3 aromatic heterocycles. The van der Waals surface area contributed by atoms with Gasteiger partial charge in [0.1, 0.15) is 10.8 Å². The fourth-order valence-electron chi connectivity index (χ4n) is 5.04. The van der Waals surface area contributed by atoms with Crippen molar-refractivity contribution in [2.24, 2.45) is 0 Å². The molecule has 3 atom stereocenters. The van der Waals surface area contributed by atoms with Crippen LogP contribution in [0.25, 0.3) is 11.0 Å². The molecule has 33 heavy (non-hydrogen) atoms. The molecule has 9 nitrogen and oxygen atoms in total. The van der Waals surface area contributed by atoms with E-state index in [1.54, 1.807) is 18.9 Å². The van der Waals surface area contributed by atoms with Gasteiger partial charge in [-0.3, -0.25) is 4.98 Å². The highest BCUT2D eigenvalue weighted by molar-refractivity contribution is 7.99. The molecule has 1 unspecified atom stereocenters. The molecule has 0 bridgehead atoms. The van der Waals surface area contributed by atoms with Crippen LogP contribution in [0.2, 0.25) is 0 Å². The number of thioether (sulfide) groups is 1. The van der Waals surface area contributed by atoms with Crippen molar-refractivity contribution < 1.29 is 9.84 Å². The molecule has 2 aliphatic rings. The molecule has 0 aromatic carbocycles. The molecule has 4 N–H and O–H groups in total. The number of nitrogens with two attached hydrogens (primary N) is 1. The number of nitrogens with one attached hydrogen (secondary N) is 1. The van der Waals surface area contributed by atoms with Crippen molar-refractivity contribution >= 4 is 28.7 Å². The van der Waals surface area contributed by atoms with E-state index in [-0.39, 0.29) is 24.1 Å². The van der Waals surface area contributed by atoms with Gasteiger partial charge in [-0.2, -0.15) is 10.1 Å². The molecule has 0 spiro atoms. The van der Waals surface area contributed by atoms with Gasteiger partial charge in [-0.05, 0) is 26.7 Å². The van der Waals surface area contributed by atoms with E-state index in [2.05, 4.69) is 20.3 Å². The van der Waals surface area contributed by atoms with E-state index in [9.17, 15) is 5.11 Å². The lowest BCUT2D eigenvalue weighted by atomic mass is 9.92. The minimum Gasteiger partial charge on any atom is -0.496 e. The van der Waals surface area contributed by atoms with Gasteiger partial charge in [0.15, 0.2) is 5.65 Å². The number of aliphatic hydroxyl groups is 1. The zero-order chi connectivity index (χ0) is 23.1. The molecule has 176 valence electrons. The summed E-state index contributed by atoms with van der Waals surface area (Å²) in [6, 6.07) is 0.320. The number of nitrogen functional groups attached to an aromatic ring is 1. The lowest BCUT2D eigenvalue weighted by Crippen LogP contribution is -2.48. The topological polar surface area (TPSA) is 124 Å². The first kappa shape index (κ1) is 22.4. The summed E-state index contributed by atoms with van der Waals surface area (Å²) < 4.78 is 7.46. The number of ether oxygens (including phenoxy) is 1. The Morgan fingerprint density at radius 2 is 2.09 bits per heavy atom. The van der Waals surface area contributed by atoms with Crippen LogP contribution >= 0.6 is 11.8 Å². The second-order valence-corrected chi connectivity index (χ2v) is 10.1. The number of aryl methyl sites for hydroxylation is 1. The number of aromatic nitrogens is 5. The highest BCUT2D eigenvalue weighted by Crippen LogP contribution is 2.34. The molecule has 1 aliphatic carbocycles. The Morgan fingerprint density at radius 1 is 1.27 bits per heavy atom. The van der Waals surface area contributed by atoms with Gasteiger partial charge in [0.05, 0.1) is 36.5 Å². The third-order valence-corrected chi connectivity index (χ3v) is 7.88. The molecule has 3 aromatic rings. The van der Waals surface area contributed by atoms with Crippen LogP contribution < -0.4 is 15.8 Å². The maximum Gasteiger partial charge on any atom is 0.223 e. The Kier molecular flexibility index (Phi) is 6.15. The van der Waals surface area contributed by atoms with Gasteiger partial charge in [0.25, 0.3) is 0 Å². The van der Waals surface area contributed by atoms with Crippen molar-refractivity contribution in [1.82, 2.24) is 30.0 Å². The maximum atomic E-state index is 10.4. The lowest BCUT2D eigenvalue weighted by Gasteiger charge is -2.31. The van der Waals surface area contributed by atoms with Gasteiger partial charge in [-0.15, -0.1) is 11.8 Å². The van der Waals surface area contributed by atoms with Crippen molar-refractivity contribution in [3.05, 3.63) is 28.7 Å². The van der Waals surface area contributed by atoms with E-state index >= 15 is 0 Å². The number of aliphatic hydroxyl groups excluding tert-OH is 1. The van der Waals surface area contributed by atoms with Crippen LogP contribution in [0, 0.1) is 13.8 Å². The van der Waals surface area contributed by atoms with Gasteiger partial charge in [-0.1, -0.05) is 12.8 Å². The van der Waals surface area contributed by atoms with Gasteiger partial charge < -0.3 is 20.9 Å². The van der Waals surface area contributed by atoms with Gasteiger partial charge in [0, 0.05) is 41.6 Å². The summed E-state index contributed by atoms with van der Waals surface area (Å²) in [5, 5.41) is 20.9. The normalized spacial score (nSPS) is 23.0. The van der Waals surface area contributed by atoms with Crippen molar-refractivity contribution in [2.45, 2.75) is 75.7 Å². The highest BCUT2D eigenvalue weighted by Gasteiger charge is 2.30. The Morgan fingerprint density at radius 3 is 2.88 bits per heavy atom. The molecule has 10 heteroatoms. The average Bonchev–Trinajstić information content (AvgIpc) is 3.02. The summed E-state index contributed by atoms with van der Waals surface area (Å²) in [6.07, 6.45) is 6.43. The van der Waals surface area contributed by atoms with E-state index in [4.69, 9.17) is 15.6 Å². The average molecular weight is 470 g/mol. The second kappa shape index (κ2) is 9.08. The zero-order valence-corrected chi connectivity index (χ0v) is 20.2. The number of anilines is 1. The molecule has 0 amide bonds. The van der Waals surface area contributed by atoms with Gasteiger partial charge in [0.2, 0.25) is 5.95 Å². The van der Waals surface area contributed by atoms with Crippen molar-refractivity contribution in [3.63, 3.8) is 0 Å². The van der Waals surface area contributed by atoms with Crippen LogP contribution in [0.3, 0.4) is 0 Å². The number of pyridine rings is 1. The Bertz CT molecular complexity index is 1180. The monoisotopic (exact) mass is 469 g/mol. The van der Waals surface area contributed by atoms with Crippen LogP contribution in [0.15, 0.2) is 11.2 Å². The van der Waals surface area contributed by atoms with E-state index < -0.39 is 0 Å². The molecule has 1 aliphatic heterocycles. The summed E-state index contributed by atoms with van der Waals surface area (Å²) in [7, 11) is 1.68. The Hall–Kier alpha value is -2.43. The van der Waals surface area contributed by atoms with E-state index in [0.717, 1.165) is 82.2 Å². The number of hydrogen-bond donors (Lipinski definition) is 3. The smallest absolute Gasteiger partial charge is 0.223 e. The quantitative estimate of drug-likeness (QED) is 0.483. The van der Waals surface area contributed by atoms with Crippen molar-refractivity contribution in [1.29, 1.82) is 0 Å². The SMILES string of the molecule is COc1c(C)cnc(Cn2nc3c4c(nc(N)nc42)SCC(N[C@@H]2CCCC[C@H]2O)C3)c1C. The third kappa shape index (κ3) is 4.27. The molecule has 1 fully saturated rings. The summed E-state index contributed by atoms with van der Waals surface area (Å²) in [5.74, 6) is 1.94. The van der Waals surface area contributed by atoms with Crippen LogP contribution in [-0.4, -0.2) is 60.9 Å². The Balaban J connectivity index is 1.49. The first-order valence-electron chi connectivity index (χ1n) is 11.5. The van der Waals surface area contributed by atoms with Crippen LogP contribution in [0.5, 0.6) is 5.75 Å². The molecule has 5 rings (SSSR count). The number of rotatable bonds is 5. The second-order valence-electron chi connectivity index (χ2n) is 9.07. The summed E-state index contributed by atoms with van der Waals surface area (Å²) in [5.41, 5.74) is 10.7. The van der Waals surface area contributed by atoms with Crippen molar-refractivity contribution in [3.8, 4) is 5.75 Å². The van der Waals surface area contributed by atoms with Gasteiger partial charge >= 0.3 is 0 Å². The minimum atomic E-state index is -0.284. The zero-order valence-electron chi connectivity index (χ0n) is 19.3. The summed E-state index contributed by atoms with van der Waals surface area (Å²) in [4.78, 5) is 13.7. The van der Waals surface area contributed by atoms with E-state index in [0.29, 0.717) is 6.54 Å². The van der Waals surface area contributed by atoms with Crippen molar-refractivity contribution in [2.75, 3.05) is 18.6 Å². The number of nitrogens with zero attached hydrogens (tertiary/aromatic N) is 5. The summed E-state index contributed by atoms with van der Waals surface area (Å²) >= 11 is 1.68.